The van der Waals surface area contributed by atoms with Crippen molar-refractivity contribution in [3.8, 4) is 11.3 Å². The third-order valence-electron chi connectivity index (χ3n) is 3.91. The molecule has 0 spiro atoms. The first-order valence-electron chi connectivity index (χ1n) is 8.01. The molecule has 128 valence electrons. The first-order valence-corrected chi connectivity index (χ1v) is 11.7. The van der Waals surface area contributed by atoms with Crippen LogP contribution in [0.3, 0.4) is 0 Å². The summed E-state index contributed by atoms with van der Waals surface area (Å²) in [6, 6.07) is 3.11. The zero-order chi connectivity index (χ0) is 17.2. The van der Waals surface area contributed by atoms with Gasteiger partial charge in [-0.3, -0.25) is 5.10 Å². The van der Waals surface area contributed by atoms with Crippen molar-refractivity contribution < 1.29 is 9.84 Å². The van der Waals surface area contributed by atoms with Crippen LogP contribution in [-0.2, 0) is 18.1 Å². The molecular weight excluding hydrogens is 322 g/mol. The Kier molecular flexibility index (Phi) is 4.79. The number of aromatic amines is 1. The zero-order valence-electron chi connectivity index (χ0n) is 14.3. The lowest BCUT2D eigenvalue weighted by atomic mass is 10.1. The Morgan fingerprint density at radius 2 is 2.12 bits per heavy atom. The van der Waals surface area contributed by atoms with Gasteiger partial charge in [0.1, 0.15) is 18.7 Å². The maximum atomic E-state index is 9.41. The highest BCUT2D eigenvalue weighted by atomic mass is 28.3. The number of ether oxygens (including phenoxy) is 1. The molecular formula is C16H23N5O2Si. The van der Waals surface area contributed by atoms with Gasteiger partial charge in [-0.2, -0.15) is 5.10 Å². The van der Waals surface area contributed by atoms with Crippen LogP contribution in [0.1, 0.15) is 5.69 Å². The van der Waals surface area contributed by atoms with E-state index in [4.69, 9.17) is 4.74 Å². The maximum absolute atomic E-state index is 9.41. The number of H-pyrrole nitrogens is 1. The molecule has 0 fully saturated rings. The smallest absolute Gasteiger partial charge is 0.145 e. The number of aliphatic hydroxyl groups is 1. The number of nitrogens with one attached hydrogen (secondary N) is 1. The van der Waals surface area contributed by atoms with E-state index in [9.17, 15) is 5.11 Å². The molecule has 7 nitrogen and oxygen atoms in total. The molecule has 3 rings (SSSR count). The van der Waals surface area contributed by atoms with E-state index in [-0.39, 0.29) is 6.61 Å². The standard InChI is InChI=1S/C16H23N5O2Si/c1-24(2,3)7-6-23-11-21-5-4-12-15(17-10-18-16(12)21)13-8-19-20-14(13)9-22/h4-5,8,10,22H,6-7,9,11H2,1-3H3,(H,19,20). The molecule has 3 aromatic heterocycles. The van der Waals surface area contributed by atoms with Gasteiger partial charge in [0.2, 0.25) is 0 Å². The van der Waals surface area contributed by atoms with Crippen molar-refractivity contribution >= 4 is 19.1 Å². The van der Waals surface area contributed by atoms with Crippen molar-refractivity contribution in [1.29, 1.82) is 0 Å². The summed E-state index contributed by atoms with van der Waals surface area (Å²) in [5, 5.41) is 17.1. The molecule has 0 amide bonds. The molecule has 0 bridgehead atoms. The summed E-state index contributed by atoms with van der Waals surface area (Å²) in [6.45, 7) is 8.12. The van der Waals surface area contributed by atoms with E-state index in [1.54, 1.807) is 6.20 Å². The third-order valence-corrected chi connectivity index (χ3v) is 5.61. The minimum Gasteiger partial charge on any atom is -0.390 e. The van der Waals surface area contributed by atoms with Crippen LogP contribution in [0.15, 0.2) is 24.8 Å². The van der Waals surface area contributed by atoms with Gasteiger partial charge in [0.05, 0.1) is 18.0 Å². The van der Waals surface area contributed by atoms with Crippen LogP contribution in [0.5, 0.6) is 0 Å². The summed E-state index contributed by atoms with van der Waals surface area (Å²) >= 11 is 0. The molecule has 0 saturated carbocycles. The van der Waals surface area contributed by atoms with Gasteiger partial charge in [-0.25, -0.2) is 9.97 Å². The van der Waals surface area contributed by atoms with Gasteiger partial charge in [-0.15, -0.1) is 0 Å². The lowest BCUT2D eigenvalue weighted by Gasteiger charge is -2.15. The van der Waals surface area contributed by atoms with Gasteiger partial charge in [0.25, 0.3) is 0 Å². The maximum Gasteiger partial charge on any atom is 0.145 e. The SMILES string of the molecule is C[Si](C)(C)CCOCn1ccc2c(-c3c[nH]nc3CO)ncnc21. The topological polar surface area (TPSA) is 88.9 Å². The summed E-state index contributed by atoms with van der Waals surface area (Å²) in [5.41, 5.74) is 2.95. The number of hydrogen-bond acceptors (Lipinski definition) is 5. The minimum absolute atomic E-state index is 0.134. The number of aromatic nitrogens is 5. The second kappa shape index (κ2) is 6.84. The molecule has 0 aromatic carbocycles. The van der Waals surface area contributed by atoms with E-state index in [2.05, 4.69) is 39.8 Å². The second-order valence-electron chi connectivity index (χ2n) is 7.00. The number of hydrogen-bond donors (Lipinski definition) is 2. The van der Waals surface area contributed by atoms with Crippen molar-refractivity contribution in [3.05, 3.63) is 30.5 Å². The van der Waals surface area contributed by atoms with Crippen molar-refractivity contribution in [2.75, 3.05) is 6.61 Å². The molecule has 3 heterocycles. The molecule has 0 radical (unpaired) electrons. The molecule has 24 heavy (non-hydrogen) atoms. The molecule has 0 aliphatic carbocycles. The average Bonchev–Trinajstić information content (AvgIpc) is 3.17. The molecule has 0 aliphatic rings. The Morgan fingerprint density at radius 3 is 2.88 bits per heavy atom. The van der Waals surface area contributed by atoms with Gasteiger partial charge < -0.3 is 14.4 Å². The Hall–Kier alpha value is -2.03. The van der Waals surface area contributed by atoms with Crippen molar-refractivity contribution in [2.24, 2.45) is 0 Å². The van der Waals surface area contributed by atoms with Crippen LogP contribution in [0.25, 0.3) is 22.3 Å². The van der Waals surface area contributed by atoms with E-state index < -0.39 is 8.07 Å². The van der Waals surface area contributed by atoms with Gasteiger partial charge >= 0.3 is 0 Å². The number of aliphatic hydroxyl groups excluding tert-OH is 1. The fourth-order valence-electron chi connectivity index (χ4n) is 2.51. The highest BCUT2D eigenvalue weighted by molar-refractivity contribution is 6.76. The van der Waals surface area contributed by atoms with E-state index in [0.717, 1.165) is 34.9 Å². The normalized spacial score (nSPS) is 12.2. The predicted molar refractivity (Wildman–Crippen MR) is 95.1 cm³/mol. The van der Waals surface area contributed by atoms with Crippen molar-refractivity contribution in [1.82, 2.24) is 24.7 Å². The quantitative estimate of drug-likeness (QED) is 0.507. The highest BCUT2D eigenvalue weighted by Gasteiger charge is 2.15. The number of fused-ring (bicyclic) bond motifs is 1. The second-order valence-corrected chi connectivity index (χ2v) is 12.6. The van der Waals surface area contributed by atoms with Crippen LogP contribution >= 0.6 is 0 Å². The number of nitrogens with zero attached hydrogens (tertiary/aromatic N) is 4. The van der Waals surface area contributed by atoms with Gasteiger partial charge in [-0.05, 0) is 12.1 Å². The average molecular weight is 345 g/mol. The Labute approximate surface area is 141 Å². The summed E-state index contributed by atoms with van der Waals surface area (Å²) in [5.74, 6) is 0. The predicted octanol–water partition coefficient (Wildman–Crippen LogP) is 2.63. The van der Waals surface area contributed by atoms with Crippen LogP contribution < -0.4 is 0 Å². The van der Waals surface area contributed by atoms with E-state index in [0.29, 0.717) is 12.4 Å². The van der Waals surface area contributed by atoms with Crippen LogP contribution in [0.2, 0.25) is 25.7 Å². The molecule has 0 saturated heterocycles. The third kappa shape index (κ3) is 3.55. The molecule has 0 unspecified atom stereocenters. The summed E-state index contributed by atoms with van der Waals surface area (Å²) in [7, 11) is -1.08. The van der Waals surface area contributed by atoms with Crippen LogP contribution in [0, 0.1) is 0 Å². The largest absolute Gasteiger partial charge is 0.390 e. The Morgan fingerprint density at radius 1 is 1.29 bits per heavy atom. The molecule has 2 N–H and O–H groups in total. The molecule has 3 aromatic rings. The molecule has 0 aliphatic heterocycles. The lowest BCUT2D eigenvalue weighted by Crippen LogP contribution is -2.22. The summed E-state index contributed by atoms with van der Waals surface area (Å²) < 4.78 is 7.79. The Bertz CT molecular complexity index is 821. The first kappa shape index (κ1) is 16.8. The van der Waals surface area contributed by atoms with Crippen molar-refractivity contribution in [3.63, 3.8) is 0 Å². The van der Waals surface area contributed by atoms with Gasteiger partial charge in [0.15, 0.2) is 0 Å². The van der Waals surface area contributed by atoms with Crippen LogP contribution in [-0.4, -0.2) is 44.5 Å². The fourth-order valence-corrected chi connectivity index (χ4v) is 3.26. The Balaban J connectivity index is 1.82. The summed E-state index contributed by atoms with van der Waals surface area (Å²) in [4.78, 5) is 8.75. The van der Waals surface area contributed by atoms with E-state index >= 15 is 0 Å². The minimum atomic E-state index is -1.08. The van der Waals surface area contributed by atoms with E-state index in [1.165, 1.54) is 6.33 Å². The first-order chi connectivity index (χ1) is 11.5. The van der Waals surface area contributed by atoms with E-state index in [1.807, 2.05) is 16.8 Å². The van der Waals surface area contributed by atoms with Gasteiger partial charge in [-0.1, -0.05) is 19.6 Å². The fraction of sp³-hybridized carbons (Fsp3) is 0.438. The highest BCUT2D eigenvalue weighted by Crippen LogP contribution is 2.27. The lowest BCUT2D eigenvalue weighted by molar-refractivity contribution is 0.0899. The molecule has 0 atom stereocenters. The number of rotatable bonds is 7. The zero-order valence-corrected chi connectivity index (χ0v) is 15.3. The van der Waals surface area contributed by atoms with Gasteiger partial charge in [0, 0.05) is 38.0 Å². The van der Waals surface area contributed by atoms with Crippen molar-refractivity contribution in [2.45, 2.75) is 39.0 Å². The van der Waals surface area contributed by atoms with Crippen LogP contribution in [0.4, 0.5) is 0 Å². The summed E-state index contributed by atoms with van der Waals surface area (Å²) in [6.07, 6.45) is 5.23. The molecule has 8 heteroatoms. The monoisotopic (exact) mass is 345 g/mol.